The zero-order valence-electron chi connectivity index (χ0n) is 15.2. The molecule has 4 rings (SSSR count). The van der Waals surface area contributed by atoms with E-state index in [-0.39, 0.29) is 0 Å². The number of hydrogen-bond acceptors (Lipinski definition) is 2. The van der Waals surface area contributed by atoms with E-state index < -0.39 is 11.6 Å². The Morgan fingerprint density at radius 1 is 0.963 bits per heavy atom. The molecule has 0 bridgehead atoms. The van der Waals surface area contributed by atoms with Crippen molar-refractivity contribution < 1.29 is 8.78 Å². The van der Waals surface area contributed by atoms with Crippen molar-refractivity contribution in [1.82, 2.24) is 14.5 Å². The average molecular weight is 367 g/mol. The van der Waals surface area contributed by atoms with Crippen LogP contribution in [0.5, 0.6) is 0 Å². The van der Waals surface area contributed by atoms with Crippen LogP contribution in [-0.4, -0.2) is 27.5 Å². The molecule has 1 fully saturated rings. The van der Waals surface area contributed by atoms with Crippen LogP contribution in [0.25, 0.3) is 11.4 Å². The van der Waals surface area contributed by atoms with E-state index in [1.165, 1.54) is 12.1 Å². The summed E-state index contributed by atoms with van der Waals surface area (Å²) >= 11 is 0. The van der Waals surface area contributed by atoms with Gasteiger partial charge < -0.3 is 4.57 Å². The number of benzene rings is 2. The Morgan fingerprint density at radius 3 is 2.37 bits per heavy atom. The van der Waals surface area contributed by atoms with Gasteiger partial charge in [-0.1, -0.05) is 30.3 Å². The van der Waals surface area contributed by atoms with Gasteiger partial charge in [0.2, 0.25) is 0 Å². The molecule has 140 valence electrons. The quantitative estimate of drug-likeness (QED) is 0.649. The molecule has 1 aliphatic heterocycles. The summed E-state index contributed by atoms with van der Waals surface area (Å²) in [4.78, 5) is 6.80. The topological polar surface area (TPSA) is 21.1 Å². The Labute approximate surface area is 158 Å². The first-order valence-corrected chi connectivity index (χ1v) is 9.41. The SMILES string of the molecule is Fc1cc(F)cc(CN2CCC(Cn3ccnc3-c3ccccc3)CC2)c1. The zero-order valence-corrected chi connectivity index (χ0v) is 15.2. The number of nitrogens with zero attached hydrogens (tertiary/aromatic N) is 3. The van der Waals surface area contributed by atoms with Crippen molar-refractivity contribution in [1.29, 1.82) is 0 Å². The Morgan fingerprint density at radius 2 is 1.67 bits per heavy atom. The van der Waals surface area contributed by atoms with Crippen LogP contribution < -0.4 is 0 Å². The molecule has 1 saturated heterocycles. The number of halogens is 2. The minimum absolute atomic E-state index is 0.506. The summed E-state index contributed by atoms with van der Waals surface area (Å²) in [6, 6.07) is 14.0. The first kappa shape index (κ1) is 17.9. The predicted molar refractivity (Wildman–Crippen MR) is 102 cm³/mol. The number of hydrogen-bond donors (Lipinski definition) is 0. The summed E-state index contributed by atoms with van der Waals surface area (Å²) in [5, 5.41) is 0. The maximum atomic E-state index is 13.4. The lowest BCUT2D eigenvalue weighted by Crippen LogP contribution is -2.34. The van der Waals surface area contributed by atoms with E-state index in [1.54, 1.807) is 0 Å². The molecule has 3 nitrogen and oxygen atoms in total. The molecule has 1 aromatic heterocycles. The van der Waals surface area contributed by atoms with Gasteiger partial charge in [-0.2, -0.15) is 0 Å². The van der Waals surface area contributed by atoms with Crippen molar-refractivity contribution in [2.24, 2.45) is 5.92 Å². The maximum absolute atomic E-state index is 13.4. The van der Waals surface area contributed by atoms with E-state index in [4.69, 9.17) is 0 Å². The normalized spacial score (nSPS) is 15.9. The summed E-state index contributed by atoms with van der Waals surface area (Å²) in [6.45, 7) is 3.44. The fourth-order valence-electron chi connectivity index (χ4n) is 3.87. The predicted octanol–water partition coefficient (Wildman–Crippen LogP) is 4.74. The molecule has 0 radical (unpaired) electrons. The largest absolute Gasteiger partial charge is 0.331 e. The van der Waals surface area contributed by atoms with Gasteiger partial charge >= 0.3 is 0 Å². The lowest BCUT2D eigenvalue weighted by Gasteiger charge is -2.32. The summed E-state index contributed by atoms with van der Waals surface area (Å²) in [5.74, 6) is 0.581. The molecule has 0 atom stereocenters. The van der Waals surface area contributed by atoms with E-state index in [9.17, 15) is 8.78 Å². The van der Waals surface area contributed by atoms with Crippen molar-refractivity contribution >= 4 is 0 Å². The third-order valence-corrected chi connectivity index (χ3v) is 5.24. The van der Waals surface area contributed by atoms with Gasteiger partial charge in [0, 0.05) is 37.1 Å². The van der Waals surface area contributed by atoms with Crippen molar-refractivity contribution in [3.63, 3.8) is 0 Å². The maximum Gasteiger partial charge on any atom is 0.139 e. The molecule has 27 heavy (non-hydrogen) atoms. The number of imidazole rings is 1. The van der Waals surface area contributed by atoms with E-state index in [0.29, 0.717) is 18.0 Å². The molecule has 1 aliphatic rings. The molecular formula is C22H23F2N3. The van der Waals surface area contributed by atoms with E-state index in [1.807, 2.05) is 30.6 Å². The monoisotopic (exact) mass is 367 g/mol. The minimum Gasteiger partial charge on any atom is -0.331 e. The molecule has 5 heteroatoms. The Hall–Kier alpha value is -2.53. The standard InChI is InChI=1S/C22H23F2N3/c23-20-12-18(13-21(24)14-20)15-26-9-6-17(7-10-26)16-27-11-8-25-22(27)19-4-2-1-3-5-19/h1-5,8,11-14,17H,6-7,9-10,15-16H2. The lowest BCUT2D eigenvalue weighted by atomic mass is 9.96. The third-order valence-electron chi connectivity index (χ3n) is 5.24. The average Bonchev–Trinajstić information content (AvgIpc) is 3.11. The van der Waals surface area contributed by atoms with Gasteiger partial charge in [0.25, 0.3) is 0 Å². The van der Waals surface area contributed by atoms with E-state index in [2.05, 4.69) is 26.6 Å². The molecule has 0 aliphatic carbocycles. The van der Waals surface area contributed by atoms with Gasteiger partial charge in [0.15, 0.2) is 0 Å². The molecule has 0 N–H and O–H groups in total. The smallest absolute Gasteiger partial charge is 0.139 e. The Bertz CT molecular complexity index is 863. The van der Waals surface area contributed by atoms with E-state index >= 15 is 0 Å². The molecule has 2 heterocycles. The van der Waals surface area contributed by atoms with Gasteiger partial charge in [0.1, 0.15) is 17.5 Å². The van der Waals surface area contributed by atoms with Crippen LogP contribution in [0.2, 0.25) is 0 Å². The van der Waals surface area contributed by atoms with Crippen LogP contribution in [0.4, 0.5) is 8.78 Å². The molecular weight excluding hydrogens is 344 g/mol. The van der Waals surface area contributed by atoms with Crippen LogP contribution in [0.1, 0.15) is 18.4 Å². The van der Waals surface area contributed by atoms with Crippen molar-refractivity contribution in [2.45, 2.75) is 25.9 Å². The number of likely N-dealkylation sites (tertiary alicyclic amines) is 1. The number of piperidine rings is 1. The highest BCUT2D eigenvalue weighted by Crippen LogP contribution is 2.24. The van der Waals surface area contributed by atoms with Gasteiger partial charge in [0.05, 0.1) is 0 Å². The Kier molecular flexibility index (Phi) is 5.30. The number of rotatable bonds is 5. The molecule has 2 aromatic carbocycles. The first-order valence-electron chi connectivity index (χ1n) is 9.41. The second-order valence-electron chi connectivity index (χ2n) is 7.27. The fourth-order valence-corrected chi connectivity index (χ4v) is 3.87. The zero-order chi connectivity index (χ0) is 18.6. The van der Waals surface area contributed by atoms with Crippen LogP contribution in [0, 0.1) is 17.6 Å². The molecule has 0 amide bonds. The summed E-state index contributed by atoms with van der Waals surface area (Å²) in [7, 11) is 0. The summed E-state index contributed by atoms with van der Waals surface area (Å²) < 4.78 is 29.0. The molecule has 0 unspecified atom stereocenters. The van der Waals surface area contributed by atoms with Crippen molar-refractivity contribution in [3.05, 3.63) is 78.1 Å². The lowest BCUT2D eigenvalue weighted by molar-refractivity contribution is 0.167. The van der Waals surface area contributed by atoms with Crippen LogP contribution in [0.3, 0.4) is 0 Å². The highest BCUT2D eigenvalue weighted by atomic mass is 19.1. The molecule has 3 aromatic rings. The van der Waals surface area contributed by atoms with Crippen LogP contribution >= 0.6 is 0 Å². The molecule has 0 spiro atoms. The van der Waals surface area contributed by atoms with Crippen molar-refractivity contribution in [2.75, 3.05) is 13.1 Å². The van der Waals surface area contributed by atoms with E-state index in [0.717, 1.165) is 49.9 Å². The van der Waals surface area contributed by atoms with Crippen LogP contribution in [0.15, 0.2) is 60.9 Å². The van der Waals surface area contributed by atoms with Crippen molar-refractivity contribution in [3.8, 4) is 11.4 Å². The summed E-state index contributed by atoms with van der Waals surface area (Å²) in [5.41, 5.74) is 1.83. The first-order chi connectivity index (χ1) is 13.2. The fraction of sp³-hybridized carbons (Fsp3) is 0.318. The second kappa shape index (κ2) is 8.01. The molecule has 0 saturated carbocycles. The van der Waals surface area contributed by atoms with Gasteiger partial charge in [-0.05, 0) is 49.5 Å². The Balaban J connectivity index is 1.35. The minimum atomic E-state index is -0.506. The highest BCUT2D eigenvalue weighted by Gasteiger charge is 2.21. The van der Waals surface area contributed by atoms with Gasteiger partial charge in [-0.3, -0.25) is 4.90 Å². The van der Waals surface area contributed by atoms with Crippen LogP contribution in [-0.2, 0) is 13.1 Å². The van der Waals surface area contributed by atoms with Gasteiger partial charge in [-0.15, -0.1) is 0 Å². The van der Waals surface area contributed by atoms with Gasteiger partial charge in [-0.25, -0.2) is 13.8 Å². The number of aromatic nitrogens is 2. The second-order valence-corrected chi connectivity index (χ2v) is 7.27. The third kappa shape index (κ3) is 4.42. The summed E-state index contributed by atoms with van der Waals surface area (Å²) in [6.07, 6.45) is 6.05. The highest BCUT2D eigenvalue weighted by molar-refractivity contribution is 5.55.